The van der Waals surface area contributed by atoms with Crippen molar-refractivity contribution in [2.24, 2.45) is 0 Å². The number of urea groups is 1. The number of aromatic carboxylic acids is 1. The van der Waals surface area contributed by atoms with Gasteiger partial charge in [0.15, 0.2) is 0 Å². The smallest absolute Gasteiger partial charge is 0.335 e. The quantitative estimate of drug-likeness (QED) is 0.647. The normalized spacial score (nSPS) is 9.95. The van der Waals surface area contributed by atoms with Crippen LogP contribution in [-0.2, 0) is 11.3 Å². The lowest BCUT2D eigenvalue weighted by Gasteiger charge is -2.08. The van der Waals surface area contributed by atoms with Gasteiger partial charge in [0, 0.05) is 26.8 Å². The Kier molecular flexibility index (Phi) is 6.38. The first kappa shape index (κ1) is 15.0. The molecule has 0 aliphatic heterocycles. The summed E-state index contributed by atoms with van der Waals surface area (Å²) in [6.07, 6.45) is 0.748. The lowest BCUT2D eigenvalue weighted by molar-refractivity contribution is 0.0696. The second kappa shape index (κ2) is 8.10. The van der Waals surface area contributed by atoms with E-state index in [-0.39, 0.29) is 18.1 Å². The number of amides is 2. The first-order chi connectivity index (χ1) is 9.13. The van der Waals surface area contributed by atoms with Crippen LogP contribution in [0.5, 0.6) is 0 Å². The topological polar surface area (TPSA) is 87.7 Å². The number of carbonyl (C=O) groups excluding carboxylic acids is 1. The summed E-state index contributed by atoms with van der Waals surface area (Å²) in [5.41, 5.74) is 0.951. The third-order valence-electron chi connectivity index (χ3n) is 2.44. The zero-order valence-corrected chi connectivity index (χ0v) is 10.8. The summed E-state index contributed by atoms with van der Waals surface area (Å²) in [4.78, 5) is 22.2. The monoisotopic (exact) mass is 266 g/mol. The number of methoxy groups -OCH3 is 1. The molecule has 6 heteroatoms. The van der Waals surface area contributed by atoms with Gasteiger partial charge in [0.1, 0.15) is 0 Å². The van der Waals surface area contributed by atoms with Crippen LogP contribution in [0.1, 0.15) is 22.3 Å². The molecule has 1 rings (SSSR count). The molecule has 6 nitrogen and oxygen atoms in total. The van der Waals surface area contributed by atoms with Crippen LogP contribution >= 0.6 is 0 Å². The molecule has 0 spiro atoms. The lowest BCUT2D eigenvalue weighted by atomic mass is 10.1. The van der Waals surface area contributed by atoms with Crippen molar-refractivity contribution in [1.82, 2.24) is 10.6 Å². The Labute approximate surface area is 111 Å². The summed E-state index contributed by atoms with van der Waals surface area (Å²) in [7, 11) is 1.61. The zero-order chi connectivity index (χ0) is 14.1. The summed E-state index contributed by atoms with van der Waals surface area (Å²) >= 11 is 0. The predicted molar refractivity (Wildman–Crippen MR) is 70.1 cm³/mol. The van der Waals surface area contributed by atoms with E-state index >= 15 is 0 Å². The number of benzene rings is 1. The van der Waals surface area contributed by atoms with Crippen LogP contribution in [-0.4, -0.2) is 37.4 Å². The van der Waals surface area contributed by atoms with Crippen LogP contribution < -0.4 is 10.6 Å². The third kappa shape index (κ3) is 5.87. The van der Waals surface area contributed by atoms with Gasteiger partial charge in [0.05, 0.1) is 5.56 Å². The molecule has 0 unspecified atom stereocenters. The number of hydrogen-bond donors (Lipinski definition) is 3. The fourth-order valence-electron chi connectivity index (χ4n) is 1.48. The average molecular weight is 266 g/mol. The fraction of sp³-hybridized carbons (Fsp3) is 0.385. The summed E-state index contributed by atoms with van der Waals surface area (Å²) in [5, 5.41) is 14.2. The van der Waals surface area contributed by atoms with Gasteiger partial charge in [-0.05, 0) is 24.1 Å². The Morgan fingerprint density at radius 2 is 2.11 bits per heavy atom. The van der Waals surface area contributed by atoms with Crippen molar-refractivity contribution in [3.63, 3.8) is 0 Å². The van der Waals surface area contributed by atoms with Crippen molar-refractivity contribution in [1.29, 1.82) is 0 Å². The molecule has 0 aliphatic rings. The molecule has 0 aliphatic carbocycles. The number of carboxylic acids is 1. The second-order valence-electron chi connectivity index (χ2n) is 3.96. The molecule has 19 heavy (non-hydrogen) atoms. The van der Waals surface area contributed by atoms with Crippen LogP contribution in [0.4, 0.5) is 4.79 Å². The molecule has 1 aromatic rings. The van der Waals surface area contributed by atoms with Crippen LogP contribution in [0.2, 0.25) is 0 Å². The van der Waals surface area contributed by atoms with Gasteiger partial charge in [-0.2, -0.15) is 0 Å². The highest BCUT2D eigenvalue weighted by Gasteiger charge is 2.04. The molecular weight excluding hydrogens is 248 g/mol. The standard InChI is InChI=1S/C13H18N2O4/c1-19-7-3-6-14-13(18)15-9-10-4-2-5-11(8-10)12(16)17/h2,4-5,8H,3,6-7,9H2,1H3,(H,16,17)(H2,14,15,18). The molecule has 0 fully saturated rings. The van der Waals surface area contributed by atoms with Gasteiger partial charge in [0.25, 0.3) is 0 Å². The minimum Gasteiger partial charge on any atom is -0.478 e. The minimum atomic E-state index is -0.981. The highest BCUT2D eigenvalue weighted by Crippen LogP contribution is 2.04. The van der Waals surface area contributed by atoms with E-state index in [0.29, 0.717) is 13.2 Å². The SMILES string of the molecule is COCCCNC(=O)NCc1cccc(C(=O)O)c1. The number of ether oxygens (including phenoxy) is 1. The first-order valence-corrected chi connectivity index (χ1v) is 5.96. The van der Waals surface area contributed by atoms with E-state index < -0.39 is 5.97 Å². The molecule has 0 radical (unpaired) electrons. The summed E-state index contributed by atoms with van der Waals surface area (Å²) in [5.74, 6) is -0.981. The molecule has 104 valence electrons. The highest BCUT2D eigenvalue weighted by atomic mass is 16.5. The van der Waals surface area contributed by atoms with Gasteiger partial charge in [-0.15, -0.1) is 0 Å². The Balaban J connectivity index is 2.33. The van der Waals surface area contributed by atoms with E-state index in [1.54, 1.807) is 19.2 Å². The molecule has 0 saturated heterocycles. The van der Waals surface area contributed by atoms with E-state index in [1.165, 1.54) is 12.1 Å². The summed E-state index contributed by atoms with van der Waals surface area (Å²) < 4.78 is 4.86. The van der Waals surface area contributed by atoms with Crippen LogP contribution in [0.15, 0.2) is 24.3 Å². The number of carbonyl (C=O) groups is 2. The second-order valence-corrected chi connectivity index (χ2v) is 3.96. The van der Waals surface area contributed by atoms with Gasteiger partial charge in [-0.3, -0.25) is 0 Å². The molecule has 3 N–H and O–H groups in total. The number of carboxylic acid groups (broad SMARTS) is 1. The Bertz CT molecular complexity index is 434. The summed E-state index contributed by atoms with van der Waals surface area (Å²) in [6, 6.07) is 6.18. The van der Waals surface area contributed by atoms with E-state index in [4.69, 9.17) is 9.84 Å². The molecule has 1 aromatic carbocycles. The molecule has 0 atom stereocenters. The lowest BCUT2D eigenvalue weighted by Crippen LogP contribution is -2.35. The van der Waals surface area contributed by atoms with Crippen molar-refractivity contribution in [3.05, 3.63) is 35.4 Å². The van der Waals surface area contributed by atoms with Crippen molar-refractivity contribution in [2.75, 3.05) is 20.3 Å². The third-order valence-corrected chi connectivity index (χ3v) is 2.44. The van der Waals surface area contributed by atoms with Gasteiger partial charge in [-0.1, -0.05) is 12.1 Å². The van der Waals surface area contributed by atoms with Crippen molar-refractivity contribution >= 4 is 12.0 Å². The van der Waals surface area contributed by atoms with Gasteiger partial charge in [-0.25, -0.2) is 9.59 Å². The number of hydrogen-bond acceptors (Lipinski definition) is 3. The maximum absolute atomic E-state index is 11.4. The van der Waals surface area contributed by atoms with Gasteiger partial charge in [0.2, 0.25) is 0 Å². The van der Waals surface area contributed by atoms with E-state index in [0.717, 1.165) is 12.0 Å². The van der Waals surface area contributed by atoms with Gasteiger partial charge < -0.3 is 20.5 Å². The average Bonchev–Trinajstić information content (AvgIpc) is 2.41. The minimum absolute atomic E-state index is 0.208. The molecular formula is C13H18N2O4. The maximum atomic E-state index is 11.4. The maximum Gasteiger partial charge on any atom is 0.335 e. The van der Waals surface area contributed by atoms with Crippen LogP contribution in [0.25, 0.3) is 0 Å². The number of rotatable bonds is 7. The zero-order valence-electron chi connectivity index (χ0n) is 10.8. The molecule has 0 aromatic heterocycles. The Hall–Kier alpha value is -2.08. The van der Waals surface area contributed by atoms with Crippen molar-refractivity contribution < 1.29 is 19.4 Å². The van der Waals surface area contributed by atoms with E-state index in [9.17, 15) is 9.59 Å². The largest absolute Gasteiger partial charge is 0.478 e. The molecule has 0 saturated carbocycles. The van der Waals surface area contributed by atoms with Crippen LogP contribution in [0.3, 0.4) is 0 Å². The number of nitrogens with one attached hydrogen (secondary N) is 2. The van der Waals surface area contributed by atoms with E-state index in [1.807, 2.05) is 0 Å². The van der Waals surface area contributed by atoms with Crippen LogP contribution in [0, 0.1) is 0 Å². The van der Waals surface area contributed by atoms with Crippen molar-refractivity contribution in [3.8, 4) is 0 Å². The highest BCUT2D eigenvalue weighted by molar-refractivity contribution is 5.87. The Morgan fingerprint density at radius 3 is 2.79 bits per heavy atom. The molecule has 0 heterocycles. The fourth-order valence-corrected chi connectivity index (χ4v) is 1.48. The van der Waals surface area contributed by atoms with E-state index in [2.05, 4.69) is 10.6 Å². The first-order valence-electron chi connectivity index (χ1n) is 5.96. The Morgan fingerprint density at radius 1 is 1.32 bits per heavy atom. The van der Waals surface area contributed by atoms with Crippen molar-refractivity contribution in [2.45, 2.75) is 13.0 Å². The summed E-state index contributed by atoms with van der Waals surface area (Å²) in [6.45, 7) is 1.42. The van der Waals surface area contributed by atoms with Gasteiger partial charge >= 0.3 is 12.0 Å². The molecule has 0 bridgehead atoms. The molecule has 2 amide bonds. The predicted octanol–water partition coefficient (Wildman–Crippen LogP) is 1.22.